The van der Waals surface area contributed by atoms with E-state index in [1.807, 2.05) is 22.6 Å². The molecule has 4 nitrogen and oxygen atoms in total. The molecule has 0 aliphatic carbocycles. The maximum Gasteiger partial charge on any atom is 0.270 e. The number of carbonyl (C=O) groups is 1. The Morgan fingerprint density at radius 2 is 2.23 bits per heavy atom. The van der Waals surface area contributed by atoms with E-state index >= 15 is 0 Å². The number of hydrogen-bond acceptors (Lipinski definition) is 3. The number of non-ortho nitro benzene ring substituents is 1. The van der Waals surface area contributed by atoms with Crippen molar-refractivity contribution in [2.75, 3.05) is 4.43 Å². The van der Waals surface area contributed by atoms with Crippen LogP contribution < -0.4 is 0 Å². The second-order valence-electron chi connectivity index (χ2n) is 2.36. The van der Waals surface area contributed by atoms with E-state index in [0.717, 1.165) is 0 Å². The Bertz CT molecular complexity index is 351. The number of alkyl halides is 1. The van der Waals surface area contributed by atoms with Gasteiger partial charge in [0, 0.05) is 17.7 Å². The molecule has 0 amide bonds. The Balaban J connectivity index is 3.05. The zero-order valence-corrected chi connectivity index (χ0v) is 8.72. The van der Waals surface area contributed by atoms with Gasteiger partial charge in [-0.05, 0) is 0 Å². The minimum Gasteiger partial charge on any atom is -0.293 e. The van der Waals surface area contributed by atoms with Crippen LogP contribution in [0.15, 0.2) is 24.3 Å². The molecule has 13 heavy (non-hydrogen) atoms. The predicted molar refractivity (Wildman–Crippen MR) is 56.3 cm³/mol. The second-order valence-corrected chi connectivity index (χ2v) is 3.13. The lowest BCUT2D eigenvalue weighted by atomic mass is 10.1. The molecule has 0 aromatic heterocycles. The van der Waals surface area contributed by atoms with Gasteiger partial charge in [0.2, 0.25) is 0 Å². The first kappa shape index (κ1) is 10.1. The summed E-state index contributed by atoms with van der Waals surface area (Å²) in [4.78, 5) is 21.0. The minimum atomic E-state index is -0.510. The molecule has 68 valence electrons. The van der Waals surface area contributed by atoms with Gasteiger partial charge in [-0.1, -0.05) is 34.7 Å². The lowest BCUT2D eigenvalue weighted by Crippen LogP contribution is -2.00. The number of Topliss-reactive ketones (excluding diaryl/α,β-unsaturated/α-hetero) is 1. The summed E-state index contributed by atoms with van der Waals surface area (Å²) in [6, 6.07) is 5.75. The van der Waals surface area contributed by atoms with Crippen LogP contribution in [0.3, 0.4) is 0 Å². The van der Waals surface area contributed by atoms with E-state index in [1.165, 1.54) is 18.2 Å². The highest BCUT2D eigenvalue weighted by Crippen LogP contribution is 2.13. The van der Waals surface area contributed by atoms with Crippen LogP contribution in [0.1, 0.15) is 10.4 Å². The van der Waals surface area contributed by atoms with Crippen molar-refractivity contribution < 1.29 is 9.72 Å². The molecule has 5 heteroatoms. The van der Waals surface area contributed by atoms with E-state index in [2.05, 4.69) is 0 Å². The Morgan fingerprint density at radius 1 is 1.54 bits per heavy atom. The van der Waals surface area contributed by atoms with E-state index in [0.29, 0.717) is 9.99 Å². The van der Waals surface area contributed by atoms with Crippen molar-refractivity contribution in [1.82, 2.24) is 0 Å². The van der Waals surface area contributed by atoms with Crippen LogP contribution in [0, 0.1) is 10.1 Å². The third-order valence-corrected chi connectivity index (χ3v) is 2.19. The molecule has 0 fully saturated rings. The zero-order chi connectivity index (χ0) is 9.84. The van der Waals surface area contributed by atoms with Crippen molar-refractivity contribution in [1.29, 1.82) is 0 Å². The van der Waals surface area contributed by atoms with Gasteiger partial charge in [0.05, 0.1) is 9.35 Å². The fourth-order valence-corrected chi connectivity index (χ4v) is 1.31. The zero-order valence-electron chi connectivity index (χ0n) is 6.57. The van der Waals surface area contributed by atoms with Crippen LogP contribution in [0.25, 0.3) is 0 Å². The maximum absolute atomic E-state index is 11.2. The molecule has 0 bridgehead atoms. The molecule has 1 aromatic rings. The number of halogens is 1. The Labute approximate surface area is 88.2 Å². The summed E-state index contributed by atoms with van der Waals surface area (Å²) in [6.45, 7) is 0. The Morgan fingerprint density at radius 3 is 2.77 bits per heavy atom. The van der Waals surface area contributed by atoms with Crippen molar-refractivity contribution >= 4 is 34.1 Å². The fraction of sp³-hybridized carbons (Fsp3) is 0.125. The third-order valence-electron chi connectivity index (χ3n) is 1.50. The topological polar surface area (TPSA) is 60.2 Å². The van der Waals surface area contributed by atoms with Gasteiger partial charge >= 0.3 is 0 Å². The molecule has 1 aromatic carbocycles. The van der Waals surface area contributed by atoms with E-state index < -0.39 is 4.92 Å². The lowest BCUT2D eigenvalue weighted by Gasteiger charge is -1.95. The molecule has 0 aliphatic heterocycles. The molecular formula is C8H6INO3. The summed E-state index contributed by atoms with van der Waals surface area (Å²) in [5.74, 6) is -0.0932. The monoisotopic (exact) mass is 291 g/mol. The van der Waals surface area contributed by atoms with Gasteiger partial charge in [0.1, 0.15) is 0 Å². The van der Waals surface area contributed by atoms with Crippen LogP contribution in [0.4, 0.5) is 5.69 Å². The largest absolute Gasteiger partial charge is 0.293 e. The van der Waals surface area contributed by atoms with Gasteiger partial charge in [-0.25, -0.2) is 0 Å². The van der Waals surface area contributed by atoms with Crippen molar-refractivity contribution in [3.63, 3.8) is 0 Å². The molecular weight excluding hydrogens is 285 g/mol. The van der Waals surface area contributed by atoms with Crippen LogP contribution in [-0.4, -0.2) is 15.1 Å². The summed E-state index contributed by atoms with van der Waals surface area (Å²) in [7, 11) is 0. The highest BCUT2D eigenvalue weighted by molar-refractivity contribution is 14.1. The number of hydrogen-bond donors (Lipinski definition) is 0. The highest BCUT2D eigenvalue weighted by atomic mass is 127. The Kier molecular flexibility index (Phi) is 3.35. The van der Waals surface area contributed by atoms with Crippen molar-refractivity contribution in [2.45, 2.75) is 0 Å². The number of nitro benzene ring substituents is 1. The SMILES string of the molecule is O=C(CI)c1cccc([N+](=O)[O-])c1. The molecule has 0 heterocycles. The predicted octanol–water partition coefficient (Wildman–Crippen LogP) is 2.21. The molecule has 0 spiro atoms. The van der Waals surface area contributed by atoms with E-state index in [-0.39, 0.29) is 11.5 Å². The summed E-state index contributed by atoms with van der Waals surface area (Å²) >= 11 is 1.93. The van der Waals surface area contributed by atoms with Gasteiger partial charge in [0.15, 0.2) is 5.78 Å². The van der Waals surface area contributed by atoms with Gasteiger partial charge in [-0.15, -0.1) is 0 Å². The first-order valence-corrected chi connectivity index (χ1v) is 5.01. The molecule has 0 atom stereocenters. The third kappa shape index (κ3) is 2.48. The molecule has 1 rings (SSSR count). The lowest BCUT2D eigenvalue weighted by molar-refractivity contribution is -0.384. The average Bonchev–Trinajstić information content (AvgIpc) is 2.17. The van der Waals surface area contributed by atoms with Crippen molar-refractivity contribution in [2.24, 2.45) is 0 Å². The van der Waals surface area contributed by atoms with Gasteiger partial charge in [-0.3, -0.25) is 14.9 Å². The van der Waals surface area contributed by atoms with E-state index in [9.17, 15) is 14.9 Å². The molecule has 0 radical (unpaired) electrons. The smallest absolute Gasteiger partial charge is 0.270 e. The van der Waals surface area contributed by atoms with Crippen LogP contribution >= 0.6 is 22.6 Å². The number of benzene rings is 1. The molecule has 0 aliphatic rings. The number of carbonyl (C=O) groups excluding carboxylic acids is 1. The molecule has 0 unspecified atom stereocenters. The second kappa shape index (κ2) is 4.31. The first-order chi connectivity index (χ1) is 6.15. The quantitative estimate of drug-likeness (QED) is 0.282. The highest BCUT2D eigenvalue weighted by Gasteiger charge is 2.09. The summed E-state index contributed by atoms with van der Waals surface area (Å²) in [5.41, 5.74) is 0.347. The Hall–Kier alpha value is -0.980. The fourth-order valence-electron chi connectivity index (χ4n) is 0.870. The molecule has 0 saturated heterocycles. The van der Waals surface area contributed by atoms with Gasteiger partial charge in [0.25, 0.3) is 5.69 Å². The van der Waals surface area contributed by atoms with E-state index in [4.69, 9.17) is 0 Å². The normalized spacial score (nSPS) is 9.62. The standard InChI is InChI=1S/C8H6INO3/c9-5-8(11)6-2-1-3-7(4-6)10(12)13/h1-4H,5H2. The molecule has 0 N–H and O–H groups in total. The van der Waals surface area contributed by atoms with Gasteiger partial charge in [-0.2, -0.15) is 0 Å². The van der Waals surface area contributed by atoms with E-state index in [1.54, 1.807) is 6.07 Å². The number of nitrogens with zero attached hydrogens (tertiary/aromatic N) is 1. The average molecular weight is 291 g/mol. The minimum absolute atomic E-state index is 0.0456. The first-order valence-electron chi connectivity index (χ1n) is 3.49. The van der Waals surface area contributed by atoms with Gasteiger partial charge < -0.3 is 0 Å². The number of ketones is 1. The maximum atomic E-state index is 11.2. The summed E-state index contributed by atoms with van der Waals surface area (Å²) in [5, 5.41) is 10.4. The van der Waals surface area contributed by atoms with Crippen LogP contribution in [0.2, 0.25) is 0 Å². The summed E-state index contributed by atoms with van der Waals surface area (Å²) < 4.78 is 0.332. The summed E-state index contributed by atoms with van der Waals surface area (Å²) in [6.07, 6.45) is 0. The van der Waals surface area contributed by atoms with Crippen molar-refractivity contribution in [3.8, 4) is 0 Å². The van der Waals surface area contributed by atoms with Crippen LogP contribution in [0.5, 0.6) is 0 Å². The van der Waals surface area contributed by atoms with Crippen molar-refractivity contribution in [3.05, 3.63) is 39.9 Å². The van der Waals surface area contributed by atoms with Crippen LogP contribution in [-0.2, 0) is 0 Å². The molecule has 0 saturated carbocycles. The number of nitro groups is 1. The number of rotatable bonds is 3.